The molecule has 1 aromatic heterocycles. The minimum Gasteiger partial charge on any atom is -0.443 e. The molecule has 0 saturated heterocycles. The Labute approximate surface area is 192 Å². The van der Waals surface area contributed by atoms with Gasteiger partial charge in [-0.15, -0.1) is 0 Å². The van der Waals surface area contributed by atoms with Crippen LogP contribution in [0, 0.1) is 12.7 Å². The number of fused-ring (bicyclic) bond motifs is 1. The third kappa shape index (κ3) is 4.54. The second-order valence-corrected chi connectivity index (χ2v) is 10.8. The van der Waals surface area contributed by atoms with Crippen molar-refractivity contribution in [3.05, 3.63) is 84.3 Å². The van der Waals surface area contributed by atoms with Gasteiger partial charge in [0.2, 0.25) is 9.84 Å². The summed E-state index contributed by atoms with van der Waals surface area (Å²) >= 11 is 0. The van der Waals surface area contributed by atoms with E-state index in [4.69, 9.17) is 4.74 Å². The second kappa shape index (κ2) is 8.15. The number of hydrogen-bond acceptors (Lipinski definition) is 4. The monoisotopic (exact) mass is 465 g/mol. The van der Waals surface area contributed by atoms with Crippen LogP contribution >= 0.6 is 0 Å². The number of carbonyl (C=O) groups is 1. The van der Waals surface area contributed by atoms with Gasteiger partial charge in [0.15, 0.2) is 0 Å². The Morgan fingerprint density at radius 1 is 0.909 bits per heavy atom. The third-order valence-electron chi connectivity index (χ3n) is 5.16. The molecule has 0 aliphatic carbocycles. The van der Waals surface area contributed by atoms with Gasteiger partial charge in [0.1, 0.15) is 11.4 Å². The number of aromatic nitrogens is 1. The van der Waals surface area contributed by atoms with Crippen molar-refractivity contribution in [1.29, 1.82) is 0 Å². The van der Waals surface area contributed by atoms with E-state index in [9.17, 15) is 17.6 Å². The fourth-order valence-corrected chi connectivity index (χ4v) is 4.99. The number of halogens is 1. The number of benzene rings is 3. The largest absolute Gasteiger partial charge is 0.443 e. The zero-order valence-corrected chi connectivity index (χ0v) is 19.6. The molecule has 0 aliphatic heterocycles. The minimum absolute atomic E-state index is 0.0119. The Hall–Kier alpha value is -3.45. The summed E-state index contributed by atoms with van der Waals surface area (Å²) in [4.78, 5) is 13.1. The molecule has 0 amide bonds. The van der Waals surface area contributed by atoms with Crippen LogP contribution in [-0.2, 0) is 14.6 Å². The summed E-state index contributed by atoms with van der Waals surface area (Å²) in [6, 6.07) is 17.6. The summed E-state index contributed by atoms with van der Waals surface area (Å²) in [7, 11) is -3.90. The van der Waals surface area contributed by atoms with Crippen molar-refractivity contribution in [3.63, 3.8) is 0 Å². The molecule has 33 heavy (non-hydrogen) atoms. The van der Waals surface area contributed by atoms with Crippen LogP contribution in [0.3, 0.4) is 0 Å². The SMILES string of the molecule is Cc1ccc(S(=O)(=O)c2cn(C(=O)OC(C)(C)C)c3cc(-c4ccc(F)cc4)ccc23)cc1. The fourth-order valence-electron chi connectivity index (χ4n) is 3.54. The first kappa shape index (κ1) is 22.7. The van der Waals surface area contributed by atoms with Crippen LogP contribution < -0.4 is 0 Å². The van der Waals surface area contributed by atoms with E-state index < -0.39 is 21.5 Å². The number of aryl methyl sites for hydroxylation is 1. The standard InChI is InChI=1S/C26H24FNO4S/c1-17-5-12-21(13-6-17)33(30,31)24-16-28(25(29)32-26(2,3)4)23-15-19(9-14-22(23)24)18-7-10-20(27)11-8-18/h5-16H,1-4H3. The average Bonchev–Trinajstić information content (AvgIpc) is 3.13. The van der Waals surface area contributed by atoms with Crippen molar-refractivity contribution in [2.45, 2.75) is 43.1 Å². The van der Waals surface area contributed by atoms with E-state index in [1.165, 1.54) is 22.9 Å². The molecule has 170 valence electrons. The highest BCUT2D eigenvalue weighted by Gasteiger charge is 2.27. The molecule has 0 aliphatic rings. The summed E-state index contributed by atoms with van der Waals surface area (Å²) in [5.41, 5.74) is 2.01. The molecule has 0 bridgehead atoms. The van der Waals surface area contributed by atoms with E-state index in [0.717, 1.165) is 11.1 Å². The van der Waals surface area contributed by atoms with Gasteiger partial charge < -0.3 is 4.74 Å². The van der Waals surface area contributed by atoms with E-state index in [0.29, 0.717) is 16.5 Å². The maximum Gasteiger partial charge on any atom is 0.419 e. The molecule has 0 unspecified atom stereocenters. The highest BCUT2D eigenvalue weighted by molar-refractivity contribution is 7.91. The first-order valence-electron chi connectivity index (χ1n) is 10.4. The highest BCUT2D eigenvalue weighted by Crippen LogP contribution is 2.34. The molecular formula is C26H24FNO4S. The summed E-state index contributed by atoms with van der Waals surface area (Å²) in [6.45, 7) is 7.10. The van der Waals surface area contributed by atoms with Crippen LogP contribution in [0.1, 0.15) is 26.3 Å². The summed E-state index contributed by atoms with van der Waals surface area (Å²) in [5, 5.41) is 0.396. The zero-order valence-electron chi connectivity index (χ0n) is 18.8. The van der Waals surface area contributed by atoms with Crippen molar-refractivity contribution < 1.29 is 22.3 Å². The van der Waals surface area contributed by atoms with Crippen molar-refractivity contribution >= 4 is 26.8 Å². The summed E-state index contributed by atoms with van der Waals surface area (Å²) in [5.74, 6) is -0.358. The lowest BCUT2D eigenvalue weighted by Gasteiger charge is -2.19. The predicted octanol–water partition coefficient (Wildman–Crippen LogP) is 6.37. The molecule has 0 atom stereocenters. The molecule has 1 heterocycles. The van der Waals surface area contributed by atoms with Crippen LogP contribution in [0.15, 0.2) is 82.7 Å². The fraction of sp³-hybridized carbons (Fsp3) is 0.192. The molecule has 0 N–H and O–H groups in total. The topological polar surface area (TPSA) is 65.4 Å². The third-order valence-corrected chi connectivity index (χ3v) is 6.95. The van der Waals surface area contributed by atoms with Crippen LogP contribution in [0.25, 0.3) is 22.0 Å². The van der Waals surface area contributed by atoms with E-state index in [-0.39, 0.29) is 15.6 Å². The van der Waals surface area contributed by atoms with Crippen molar-refractivity contribution in [1.82, 2.24) is 4.57 Å². The zero-order chi connectivity index (χ0) is 24.0. The Bertz CT molecular complexity index is 1450. The number of nitrogens with zero attached hydrogens (tertiary/aromatic N) is 1. The summed E-state index contributed by atoms with van der Waals surface area (Å²) in [6.07, 6.45) is 0.622. The Kier molecular flexibility index (Phi) is 5.62. The lowest BCUT2D eigenvalue weighted by Crippen LogP contribution is -2.26. The predicted molar refractivity (Wildman–Crippen MR) is 126 cm³/mol. The Morgan fingerprint density at radius 3 is 2.12 bits per heavy atom. The van der Waals surface area contributed by atoms with Gasteiger partial charge in [0.05, 0.1) is 15.3 Å². The van der Waals surface area contributed by atoms with Crippen LogP contribution in [0.5, 0.6) is 0 Å². The molecular weight excluding hydrogens is 441 g/mol. The molecule has 0 spiro atoms. The van der Waals surface area contributed by atoms with E-state index in [1.807, 2.05) is 6.92 Å². The van der Waals surface area contributed by atoms with Gasteiger partial charge in [0, 0.05) is 11.6 Å². The van der Waals surface area contributed by atoms with Gasteiger partial charge in [-0.1, -0.05) is 42.0 Å². The smallest absolute Gasteiger partial charge is 0.419 e. The van der Waals surface area contributed by atoms with Crippen LogP contribution in [0.2, 0.25) is 0 Å². The van der Waals surface area contributed by atoms with Crippen LogP contribution in [0.4, 0.5) is 9.18 Å². The molecule has 3 aromatic carbocycles. The maximum atomic E-state index is 13.5. The van der Waals surface area contributed by atoms with Crippen molar-refractivity contribution in [3.8, 4) is 11.1 Å². The quantitative estimate of drug-likeness (QED) is 0.353. The molecule has 7 heteroatoms. The number of hydrogen-bond donors (Lipinski definition) is 0. The lowest BCUT2D eigenvalue weighted by molar-refractivity contribution is 0.0544. The van der Waals surface area contributed by atoms with Crippen molar-refractivity contribution in [2.75, 3.05) is 0 Å². The maximum absolute atomic E-state index is 13.5. The highest BCUT2D eigenvalue weighted by atomic mass is 32.2. The molecule has 0 saturated carbocycles. The van der Waals surface area contributed by atoms with Gasteiger partial charge in [-0.3, -0.25) is 4.57 Å². The molecule has 0 fully saturated rings. The van der Waals surface area contributed by atoms with Gasteiger partial charge >= 0.3 is 6.09 Å². The number of ether oxygens (including phenoxy) is 1. The molecule has 5 nitrogen and oxygen atoms in total. The van der Waals surface area contributed by atoms with Gasteiger partial charge in [-0.2, -0.15) is 0 Å². The molecule has 0 radical (unpaired) electrons. The van der Waals surface area contributed by atoms with Gasteiger partial charge in [0.25, 0.3) is 0 Å². The second-order valence-electron chi connectivity index (χ2n) is 8.90. The first-order chi connectivity index (χ1) is 15.5. The normalized spacial score (nSPS) is 12.2. The number of rotatable bonds is 3. The average molecular weight is 466 g/mol. The molecule has 4 aromatic rings. The number of carbonyl (C=O) groups excluding carboxylic acids is 1. The van der Waals surface area contributed by atoms with E-state index in [2.05, 4.69) is 0 Å². The van der Waals surface area contributed by atoms with Gasteiger partial charge in [-0.05, 0) is 69.2 Å². The summed E-state index contributed by atoms with van der Waals surface area (Å²) < 4.78 is 47.0. The Morgan fingerprint density at radius 2 is 1.52 bits per heavy atom. The van der Waals surface area contributed by atoms with Gasteiger partial charge in [-0.25, -0.2) is 17.6 Å². The van der Waals surface area contributed by atoms with E-state index in [1.54, 1.807) is 75.4 Å². The molecule has 4 rings (SSSR count). The lowest BCUT2D eigenvalue weighted by atomic mass is 10.0. The van der Waals surface area contributed by atoms with Crippen molar-refractivity contribution in [2.24, 2.45) is 0 Å². The Balaban J connectivity index is 1.93. The first-order valence-corrected chi connectivity index (χ1v) is 11.9. The number of sulfone groups is 1. The van der Waals surface area contributed by atoms with E-state index >= 15 is 0 Å². The minimum atomic E-state index is -3.90. The van der Waals surface area contributed by atoms with Crippen LogP contribution in [-0.4, -0.2) is 24.7 Å².